The highest BCUT2D eigenvalue weighted by molar-refractivity contribution is 5.88. The minimum atomic E-state index is -0.200. The lowest BCUT2D eigenvalue weighted by atomic mass is 10.00. The zero-order valence-electron chi connectivity index (χ0n) is 13.4. The van der Waals surface area contributed by atoms with Crippen molar-refractivity contribution in [2.75, 3.05) is 13.7 Å². The number of aromatic nitrogens is 1. The van der Waals surface area contributed by atoms with Gasteiger partial charge in [-0.3, -0.25) is 4.79 Å². The summed E-state index contributed by atoms with van der Waals surface area (Å²) in [4.78, 5) is 12.2. The van der Waals surface area contributed by atoms with Gasteiger partial charge >= 0.3 is 0 Å². The third-order valence-corrected chi connectivity index (χ3v) is 4.18. The van der Waals surface area contributed by atoms with E-state index in [2.05, 4.69) is 5.32 Å². The number of rotatable bonds is 7. The lowest BCUT2D eigenvalue weighted by Gasteiger charge is -2.22. The van der Waals surface area contributed by atoms with E-state index in [1.807, 2.05) is 48.9 Å². The maximum Gasteiger partial charge on any atom is 0.240 e. The summed E-state index contributed by atoms with van der Waals surface area (Å²) < 4.78 is 7.21. The topological polar surface area (TPSA) is 63.5 Å². The van der Waals surface area contributed by atoms with Crippen molar-refractivity contribution in [2.45, 2.75) is 32.9 Å². The van der Waals surface area contributed by atoms with E-state index in [1.165, 1.54) is 0 Å². The fourth-order valence-electron chi connectivity index (χ4n) is 2.57. The van der Waals surface area contributed by atoms with Gasteiger partial charge in [0.2, 0.25) is 5.91 Å². The highest BCUT2D eigenvalue weighted by Gasteiger charge is 2.18. The molecular formula is C17H24N2O3. The van der Waals surface area contributed by atoms with Crippen LogP contribution in [0.15, 0.2) is 30.5 Å². The number of ether oxygens (including phenoxy) is 1. The zero-order valence-corrected chi connectivity index (χ0v) is 13.4. The Kier molecular flexibility index (Phi) is 5.44. The van der Waals surface area contributed by atoms with Crippen LogP contribution < -0.4 is 10.1 Å². The molecule has 0 saturated carbocycles. The Hall–Kier alpha value is -2.01. The average Bonchev–Trinajstić information content (AvgIpc) is 2.94. The molecule has 0 spiro atoms. The molecule has 5 nitrogen and oxygen atoms in total. The number of nitrogens with zero attached hydrogens (tertiary/aromatic N) is 1. The first kappa shape index (κ1) is 16.4. The number of nitrogens with one attached hydrogen (secondary N) is 1. The second-order valence-corrected chi connectivity index (χ2v) is 5.58. The number of aliphatic hydroxyl groups excluding tert-OH is 1. The maximum absolute atomic E-state index is 12.2. The third kappa shape index (κ3) is 3.42. The molecule has 0 saturated heterocycles. The van der Waals surface area contributed by atoms with Crippen molar-refractivity contribution in [3.63, 3.8) is 0 Å². The van der Waals surface area contributed by atoms with E-state index in [0.29, 0.717) is 0 Å². The second kappa shape index (κ2) is 7.31. The van der Waals surface area contributed by atoms with Crippen molar-refractivity contribution in [3.05, 3.63) is 30.5 Å². The van der Waals surface area contributed by atoms with Crippen LogP contribution in [-0.2, 0) is 11.3 Å². The van der Waals surface area contributed by atoms with E-state index in [0.717, 1.165) is 23.1 Å². The van der Waals surface area contributed by atoms with Gasteiger partial charge in [-0.2, -0.15) is 0 Å². The summed E-state index contributed by atoms with van der Waals surface area (Å²) in [5, 5.41) is 13.3. The molecule has 0 aliphatic rings. The molecule has 0 fully saturated rings. The smallest absolute Gasteiger partial charge is 0.240 e. The third-order valence-electron chi connectivity index (χ3n) is 4.18. The summed E-state index contributed by atoms with van der Waals surface area (Å²) in [7, 11) is 1.64. The predicted molar refractivity (Wildman–Crippen MR) is 87.0 cm³/mol. The molecule has 0 aliphatic heterocycles. The molecule has 2 unspecified atom stereocenters. The standard InChI is InChI=1S/C17H24N2O3/c1-4-12(2)14(11-20)18-17(21)10-19-9-8-13-15(19)6-5-7-16(13)22-3/h5-9,12,14,20H,4,10-11H2,1-3H3,(H,18,21). The van der Waals surface area contributed by atoms with Crippen molar-refractivity contribution < 1.29 is 14.6 Å². The zero-order chi connectivity index (χ0) is 16.1. The molecular weight excluding hydrogens is 280 g/mol. The molecule has 1 aromatic carbocycles. The van der Waals surface area contributed by atoms with Crippen LogP contribution in [0.5, 0.6) is 5.75 Å². The van der Waals surface area contributed by atoms with Gasteiger partial charge in [0.15, 0.2) is 0 Å². The quantitative estimate of drug-likeness (QED) is 0.824. The van der Waals surface area contributed by atoms with Gasteiger partial charge in [-0.15, -0.1) is 0 Å². The first-order chi connectivity index (χ1) is 10.6. The van der Waals surface area contributed by atoms with Crippen LogP contribution in [0.2, 0.25) is 0 Å². The highest BCUT2D eigenvalue weighted by atomic mass is 16.5. The van der Waals surface area contributed by atoms with Gasteiger partial charge in [-0.25, -0.2) is 0 Å². The Morgan fingerprint density at radius 3 is 2.82 bits per heavy atom. The van der Waals surface area contributed by atoms with E-state index in [4.69, 9.17) is 4.74 Å². The summed E-state index contributed by atoms with van der Waals surface area (Å²) >= 11 is 0. The summed E-state index contributed by atoms with van der Waals surface area (Å²) in [6, 6.07) is 7.51. The molecule has 5 heteroatoms. The van der Waals surface area contributed by atoms with E-state index in [-0.39, 0.29) is 31.0 Å². The van der Waals surface area contributed by atoms with Gasteiger partial charge in [0.25, 0.3) is 0 Å². The first-order valence-electron chi connectivity index (χ1n) is 7.62. The van der Waals surface area contributed by atoms with E-state index in [9.17, 15) is 9.90 Å². The van der Waals surface area contributed by atoms with Crippen LogP contribution in [0, 0.1) is 5.92 Å². The van der Waals surface area contributed by atoms with Crippen LogP contribution in [-0.4, -0.2) is 35.3 Å². The Bertz CT molecular complexity index is 636. The van der Waals surface area contributed by atoms with E-state index < -0.39 is 0 Å². The lowest BCUT2D eigenvalue weighted by molar-refractivity contribution is -0.123. The van der Waals surface area contributed by atoms with Gasteiger partial charge in [-0.05, 0) is 24.1 Å². The van der Waals surface area contributed by atoms with E-state index >= 15 is 0 Å². The molecule has 22 heavy (non-hydrogen) atoms. The van der Waals surface area contributed by atoms with Crippen molar-refractivity contribution >= 4 is 16.8 Å². The second-order valence-electron chi connectivity index (χ2n) is 5.58. The molecule has 2 aromatic rings. The van der Waals surface area contributed by atoms with Crippen LogP contribution >= 0.6 is 0 Å². The van der Waals surface area contributed by atoms with Gasteiger partial charge in [0.1, 0.15) is 12.3 Å². The number of hydrogen-bond donors (Lipinski definition) is 2. The number of carbonyl (C=O) groups excluding carboxylic acids is 1. The normalized spacial score (nSPS) is 13.8. The van der Waals surface area contributed by atoms with Crippen LogP contribution in [0.3, 0.4) is 0 Å². The molecule has 2 rings (SSSR count). The molecule has 2 N–H and O–H groups in total. The van der Waals surface area contributed by atoms with Crippen molar-refractivity contribution in [1.82, 2.24) is 9.88 Å². The fraction of sp³-hybridized carbons (Fsp3) is 0.471. The largest absolute Gasteiger partial charge is 0.496 e. The van der Waals surface area contributed by atoms with Crippen molar-refractivity contribution in [1.29, 1.82) is 0 Å². The number of methoxy groups -OCH3 is 1. The molecule has 2 atom stereocenters. The first-order valence-corrected chi connectivity index (χ1v) is 7.62. The summed E-state index contributed by atoms with van der Waals surface area (Å²) in [5.41, 5.74) is 0.957. The number of carbonyl (C=O) groups is 1. The molecule has 120 valence electrons. The van der Waals surface area contributed by atoms with Crippen LogP contribution in [0.25, 0.3) is 10.9 Å². The minimum absolute atomic E-state index is 0.0407. The number of hydrogen-bond acceptors (Lipinski definition) is 3. The van der Waals surface area contributed by atoms with Crippen molar-refractivity contribution in [2.24, 2.45) is 5.92 Å². The van der Waals surface area contributed by atoms with Gasteiger partial charge in [0.05, 0.1) is 25.3 Å². The molecule has 0 radical (unpaired) electrons. The fourth-order valence-corrected chi connectivity index (χ4v) is 2.57. The molecule has 0 aliphatic carbocycles. The molecule has 1 amide bonds. The summed E-state index contributed by atoms with van der Waals surface area (Å²) in [6.07, 6.45) is 2.79. The molecule has 1 aromatic heterocycles. The average molecular weight is 304 g/mol. The maximum atomic E-state index is 12.2. The Labute approximate surface area is 130 Å². The lowest BCUT2D eigenvalue weighted by Crippen LogP contribution is -2.43. The number of fused-ring (bicyclic) bond motifs is 1. The number of aliphatic hydroxyl groups is 1. The monoisotopic (exact) mass is 304 g/mol. The molecule has 0 bridgehead atoms. The van der Waals surface area contributed by atoms with Crippen molar-refractivity contribution in [3.8, 4) is 5.75 Å². The minimum Gasteiger partial charge on any atom is -0.496 e. The van der Waals surface area contributed by atoms with E-state index in [1.54, 1.807) is 7.11 Å². The Balaban J connectivity index is 2.12. The van der Waals surface area contributed by atoms with Crippen LogP contribution in [0.4, 0.5) is 0 Å². The Morgan fingerprint density at radius 2 is 2.18 bits per heavy atom. The Morgan fingerprint density at radius 1 is 1.41 bits per heavy atom. The number of benzene rings is 1. The summed E-state index contributed by atoms with van der Waals surface area (Å²) in [6.45, 7) is 4.26. The summed E-state index contributed by atoms with van der Waals surface area (Å²) in [5.74, 6) is 0.944. The van der Waals surface area contributed by atoms with Gasteiger partial charge < -0.3 is 19.7 Å². The predicted octanol–water partition coefficient (Wildman–Crippen LogP) is 2.17. The van der Waals surface area contributed by atoms with Gasteiger partial charge in [-0.1, -0.05) is 26.3 Å². The van der Waals surface area contributed by atoms with Gasteiger partial charge in [0, 0.05) is 11.6 Å². The highest BCUT2D eigenvalue weighted by Crippen LogP contribution is 2.26. The number of amides is 1. The SMILES string of the molecule is CCC(C)C(CO)NC(=O)Cn1ccc2c(OC)cccc21. The van der Waals surface area contributed by atoms with Crippen LogP contribution in [0.1, 0.15) is 20.3 Å². The molecule has 1 heterocycles.